The van der Waals surface area contributed by atoms with E-state index in [-0.39, 0.29) is 0 Å². The highest BCUT2D eigenvalue weighted by Crippen LogP contribution is 2.32. The van der Waals surface area contributed by atoms with Gasteiger partial charge in [-0.15, -0.1) is 0 Å². The Morgan fingerprint density at radius 1 is 1.24 bits per heavy atom. The maximum Gasteiger partial charge on any atom is 0.163 e. The molecule has 2 aromatic rings. The molecule has 2 N–H and O–H groups in total. The molecule has 21 heavy (non-hydrogen) atoms. The lowest BCUT2D eigenvalue weighted by molar-refractivity contribution is 0.204. The molecule has 1 aromatic heterocycles. The Morgan fingerprint density at radius 2 is 2.00 bits per heavy atom. The number of nitrogens with zero attached hydrogens (tertiary/aromatic N) is 3. The largest absolute Gasteiger partial charge is 0.384 e. The minimum atomic E-state index is 0.502. The summed E-state index contributed by atoms with van der Waals surface area (Å²) in [6, 6.07) is 12.3. The number of nitrogens with two attached hydrogens (primary N) is 1. The van der Waals surface area contributed by atoms with Crippen LogP contribution < -0.4 is 10.6 Å². The highest BCUT2D eigenvalue weighted by molar-refractivity contribution is 5.61. The van der Waals surface area contributed by atoms with Crippen LogP contribution in [0.3, 0.4) is 0 Å². The van der Waals surface area contributed by atoms with Gasteiger partial charge in [0.1, 0.15) is 11.6 Å². The fraction of sp³-hybridized carbons (Fsp3) is 0.375. The summed E-state index contributed by atoms with van der Waals surface area (Å²) in [6.07, 6.45) is 2.41. The van der Waals surface area contributed by atoms with E-state index in [1.165, 1.54) is 12.8 Å². The van der Waals surface area contributed by atoms with Crippen molar-refractivity contribution in [3.63, 3.8) is 0 Å². The third-order valence-corrected chi connectivity index (χ3v) is 3.58. The second kappa shape index (κ2) is 6.10. The molecule has 0 amide bonds. The molecule has 0 saturated heterocycles. The van der Waals surface area contributed by atoms with Crippen LogP contribution in [0.5, 0.6) is 0 Å². The summed E-state index contributed by atoms with van der Waals surface area (Å²) < 4.78 is 5.20. The second-order valence-corrected chi connectivity index (χ2v) is 5.26. The van der Waals surface area contributed by atoms with Crippen LogP contribution in [-0.2, 0) is 4.74 Å². The molecule has 1 saturated carbocycles. The number of nitrogen functional groups attached to an aromatic ring is 1. The van der Waals surface area contributed by atoms with Crippen LogP contribution >= 0.6 is 0 Å². The van der Waals surface area contributed by atoms with Crippen LogP contribution in [0, 0.1) is 0 Å². The van der Waals surface area contributed by atoms with E-state index < -0.39 is 0 Å². The lowest BCUT2D eigenvalue weighted by atomic mass is 10.2. The van der Waals surface area contributed by atoms with Crippen LogP contribution in [0.15, 0.2) is 36.4 Å². The fourth-order valence-corrected chi connectivity index (χ4v) is 2.38. The first kappa shape index (κ1) is 13.8. The molecule has 1 aliphatic rings. The molecule has 1 aromatic carbocycles. The minimum Gasteiger partial charge on any atom is -0.384 e. The Kier molecular flexibility index (Phi) is 4.01. The zero-order valence-corrected chi connectivity index (χ0v) is 12.2. The molecule has 0 atom stereocenters. The van der Waals surface area contributed by atoms with Gasteiger partial charge in [0.25, 0.3) is 0 Å². The van der Waals surface area contributed by atoms with Gasteiger partial charge in [-0.05, 0) is 12.8 Å². The first-order chi connectivity index (χ1) is 10.3. The van der Waals surface area contributed by atoms with Crippen LogP contribution in [0.2, 0.25) is 0 Å². The zero-order valence-electron chi connectivity index (χ0n) is 12.2. The number of hydrogen-bond donors (Lipinski definition) is 1. The van der Waals surface area contributed by atoms with Gasteiger partial charge in [-0.25, -0.2) is 9.97 Å². The predicted octanol–water partition coefficient (Wildman–Crippen LogP) is 2.34. The molecule has 110 valence electrons. The van der Waals surface area contributed by atoms with E-state index in [1.807, 2.05) is 36.4 Å². The third-order valence-electron chi connectivity index (χ3n) is 3.58. The maximum atomic E-state index is 5.97. The van der Waals surface area contributed by atoms with Crippen LogP contribution in [0.1, 0.15) is 12.8 Å². The van der Waals surface area contributed by atoms with Crippen LogP contribution in [0.25, 0.3) is 11.4 Å². The van der Waals surface area contributed by atoms with Crippen molar-refractivity contribution in [2.45, 2.75) is 18.9 Å². The molecule has 0 aliphatic heterocycles. The second-order valence-electron chi connectivity index (χ2n) is 5.26. The van der Waals surface area contributed by atoms with Crippen molar-refractivity contribution in [1.82, 2.24) is 9.97 Å². The molecule has 0 radical (unpaired) electrons. The lowest BCUT2D eigenvalue weighted by Crippen LogP contribution is -2.30. The van der Waals surface area contributed by atoms with Gasteiger partial charge in [0.15, 0.2) is 5.82 Å². The van der Waals surface area contributed by atoms with E-state index in [0.29, 0.717) is 24.3 Å². The van der Waals surface area contributed by atoms with Crippen molar-refractivity contribution in [1.29, 1.82) is 0 Å². The molecule has 1 fully saturated rings. The van der Waals surface area contributed by atoms with Crippen molar-refractivity contribution in [3.05, 3.63) is 36.4 Å². The highest BCUT2D eigenvalue weighted by atomic mass is 16.5. The number of hydrogen-bond acceptors (Lipinski definition) is 5. The number of aromatic nitrogens is 2. The van der Waals surface area contributed by atoms with Gasteiger partial charge in [-0.3, -0.25) is 0 Å². The molecular weight excluding hydrogens is 264 g/mol. The molecule has 1 heterocycles. The number of benzene rings is 1. The molecule has 3 rings (SSSR count). The quantitative estimate of drug-likeness (QED) is 0.882. The molecule has 0 unspecified atom stereocenters. The molecule has 5 nitrogen and oxygen atoms in total. The standard InChI is InChI=1S/C16H20N4O/c1-21-10-9-20(13-7-8-13)15-11-14(17)18-16(19-15)12-5-3-2-4-6-12/h2-6,11,13H,7-10H2,1H3,(H2,17,18,19). The van der Waals surface area contributed by atoms with E-state index in [1.54, 1.807) is 7.11 Å². The van der Waals surface area contributed by atoms with Crippen molar-refractivity contribution < 1.29 is 4.74 Å². The lowest BCUT2D eigenvalue weighted by Gasteiger charge is -2.23. The summed E-state index contributed by atoms with van der Waals surface area (Å²) in [5.74, 6) is 2.07. The van der Waals surface area contributed by atoms with Gasteiger partial charge in [0.05, 0.1) is 6.61 Å². The van der Waals surface area contributed by atoms with Crippen molar-refractivity contribution in [2.75, 3.05) is 30.9 Å². The summed E-state index contributed by atoms with van der Waals surface area (Å²) in [7, 11) is 1.72. The summed E-state index contributed by atoms with van der Waals surface area (Å²) in [6.45, 7) is 1.51. The summed E-state index contributed by atoms with van der Waals surface area (Å²) in [4.78, 5) is 11.3. The number of rotatable bonds is 6. The predicted molar refractivity (Wildman–Crippen MR) is 84.1 cm³/mol. The SMILES string of the molecule is COCCN(c1cc(N)nc(-c2ccccc2)n1)C1CC1. The topological polar surface area (TPSA) is 64.3 Å². The van der Waals surface area contributed by atoms with E-state index >= 15 is 0 Å². The van der Waals surface area contributed by atoms with Crippen molar-refractivity contribution in [2.24, 2.45) is 0 Å². The summed E-state index contributed by atoms with van der Waals surface area (Å²) in [5.41, 5.74) is 6.95. The van der Waals surface area contributed by atoms with Gasteiger partial charge >= 0.3 is 0 Å². The summed E-state index contributed by atoms with van der Waals surface area (Å²) in [5, 5.41) is 0. The normalized spacial score (nSPS) is 14.1. The van der Waals surface area contributed by atoms with Gasteiger partial charge < -0.3 is 15.4 Å². The number of methoxy groups -OCH3 is 1. The first-order valence-corrected chi connectivity index (χ1v) is 7.23. The Morgan fingerprint density at radius 3 is 2.67 bits per heavy atom. The zero-order chi connectivity index (χ0) is 14.7. The van der Waals surface area contributed by atoms with Gasteiger partial charge in [-0.2, -0.15) is 0 Å². The smallest absolute Gasteiger partial charge is 0.163 e. The minimum absolute atomic E-state index is 0.502. The number of anilines is 2. The molecule has 1 aliphatic carbocycles. The molecule has 5 heteroatoms. The van der Waals surface area contributed by atoms with Gasteiger partial charge in [-0.1, -0.05) is 30.3 Å². The van der Waals surface area contributed by atoms with E-state index in [4.69, 9.17) is 15.5 Å². The van der Waals surface area contributed by atoms with E-state index in [9.17, 15) is 0 Å². The monoisotopic (exact) mass is 284 g/mol. The summed E-state index contributed by atoms with van der Waals surface area (Å²) >= 11 is 0. The highest BCUT2D eigenvalue weighted by Gasteiger charge is 2.30. The Hall–Kier alpha value is -2.14. The van der Waals surface area contributed by atoms with Crippen molar-refractivity contribution in [3.8, 4) is 11.4 Å². The Balaban J connectivity index is 1.93. The Bertz CT molecular complexity index is 598. The number of ether oxygens (including phenoxy) is 1. The van der Waals surface area contributed by atoms with Gasteiger partial charge in [0, 0.05) is 31.3 Å². The molecule has 0 bridgehead atoms. The maximum absolute atomic E-state index is 5.97. The van der Waals surface area contributed by atoms with Crippen LogP contribution in [0.4, 0.5) is 11.6 Å². The van der Waals surface area contributed by atoms with E-state index in [0.717, 1.165) is 17.9 Å². The molecular formula is C16H20N4O. The molecule has 0 spiro atoms. The average molecular weight is 284 g/mol. The third kappa shape index (κ3) is 3.31. The van der Waals surface area contributed by atoms with Crippen LogP contribution in [-0.4, -0.2) is 36.3 Å². The van der Waals surface area contributed by atoms with E-state index in [2.05, 4.69) is 9.88 Å². The van der Waals surface area contributed by atoms with Gasteiger partial charge in [0.2, 0.25) is 0 Å². The average Bonchev–Trinajstić information content (AvgIpc) is 3.33. The fourth-order valence-electron chi connectivity index (χ4n) is 2.38. The Labute approximate surface area is 124 Å². The van der Waals surface area contributed by atoms with Crippen molar-refractivity contribution >= 4 is 11.6 Å². The first-order valence-electron chi connectivity index (χ1n) is 7.23.